The average Bonchev–Trinajstić information content (AvgIpc) is 3.07. The zero-order valence-electron chi connectivity index (χ0n) is 11.6. The Bertz CT molecular complexity index is 926. The van der Waals surface area contributed by atoms with E-state index in [1.54, 1.807) is 17.4 Å². The molecular weight excluding hydrogens is 316 g/mol. The molecule has 6 heteroatoms. The molecule has 2 heterocycles. The van der Waals surface area contributed by atoms with Crippen LogP contribution in [0.15, 0.2) is 24.3 Å². The van der Waals surface area contributed by atoms with Gasteiger partial charge in [0.05, 0.1) is 16.6 Å². The van der Waals surface area contributed by atoms with Gasteiger partial charge in [-0.3, -0.25) is 0 Å². The molecule has 108 valence electrons. The Balaban J connectivity index is 1.90. The first-order valence-electron chi connectivity index (χ1n) is 7.00. The molecule has 4 nitrogen and oxygen atoms in total. The number of halogens is 1. The highest BCUT2D eigenvalue weighted by molar-refractivity contribution is 7.19. The minimum atomic E-state index is 0.226. The highest BCUT2D eigenvalue weighted by Gasteiger charge is 2.22. The summed E-state index contributed by atoms with van der Waals surface area (Å²) in [6.07, 6.45) is 3.32. The minimum absolute atomic E-state index is 0.226. The number of benzene rings is 1. The summed E-state index contributed by atoms with van der Waals surface area (Å²) < 4.78 is 0. The van der Waals surface area contributed by atoms with E-state index in [1.807, 2.05) is 18.2 Å². The van der Waals surface area contributed by atoms with Gasteiger partial charge >= 0.3 is 0 Å². The van der Waals surface area contributed by atoms with Crippen molar-refractivity contribution in [3.63, 3.8) is 0 Å². The summed E-state index contributed by atoms with van der Waals surface area (Å²) in [6.45, 7) is 0. The molecule has 0 unspecified atom stereocenters. The summed E-state index contributed by atoms with van der Waals surface area (Å²) in [7, 11) is 0. The summed E-state index contributed by atoms with van der Waals surface area (Å²) in [6, 6.07) is 9.57. The highest BCUT2D eigenvalue weighted by atomic mass is 35.5. The molecule has 1 aliphatic carbocycles. The third-order valence-electron chi connectivity index (χ3n) is 3.84. The van der Waals surface area contributed by atoms with Crippen LogP contribution in [0, 0.1) is 11.3 Å². The molecule has 2 aromatic heterocycles. The van der Waals surface area contributed by atoms with E-state index in [9.17, 15) is 5.26 Å². The number of nitriles is 1. The zero-order valence-corrected chi connectivity index (χ0v) is 13.1. The van der Waals surface area contributed by atoms with E-state index in [2.05, 4.69) is 21.4 Å². The molecule has 1 aromatic carbocycles. The Labute approximate surface area is 136 Å². The Hall–Kier alpha value is -2.16. The Morgan fingerprint density at radius 1 is 1.23 bits per heavy atom. The monoisotopic (exact) mass is 326 g/mol. The van der Waals surface area contributed by atoms with Crippen molar-refractivity contribution in [1.82, 2.24) is 9.97 Å². The molecule has 0 radical (unpaired) electrons. The molecule has 3 aromatic rings. The topological polar surface area (TPSA) is 61.6 Å². The average molecular weight is 327 g/mol. The number of rotatable bonds is 2. The molecule has 0 saturated heterocycles. The van der Waals surface area contributed by atoms with Crippen LogP contribution in [0.5, 0.6) is 0 Å². The number of hydrogen-bond donors (Lipinski definition) is 1. The van der Waals surface area contributed by atoms with Crippen LogP contribution in [0.2, 0.25) is 5.28 Å². The minimum Gasteiger partial charge on any atom is -0.338 e. The number of anilines is 2. The van der Waals surface area contributed by atoms with Crippen molar-refractivity contribution in [3.05, 3.63) is 45.6 Å². The van der Waals surface area contributed by atoms with Crippen LogP contribution < -0.4 is 5.32 Å². The lowest BCUT2D eigenvalue weighted by Crippen LogP contribution is -1.99. The molecule has 0 atom stereocenters. The standard InChI is InChI=1S/C16H11ClN4S/c17-16-20-14(19-11-6-2-1-4-9(11)8-18)13-10-5-3-7-12(10)22-15(13)21-16/h1-2,4,6H,3,5,7H2,(H,19,20,21). The van der Waals surface area contributed by atoms with Gasteiger partial charge in [-0.05, 0) is 48.6 Å². The molecular formula is C16H11ClN4S. The first kappa shape index (κ1) is 13.5. The summed E-state index contributed by atoms with van der Waals surface area (Å²) in [5.74, 6) is 0.692. The lowest BCUT2D eigenvalue weighted by molar-refractivity contribution is 0.917. The predicted molar refractivity (Wildman–Crippen MR) is 88.9 cm³/mol. The van der Waals surface area contributed by atoms with Gasteiger partial charge in [0.1, 0.15) is 16.7 Å². The van der Waals surface area contributed by atoms with E-state index < -0.39 is 0 Å². The number of aryl methyl sites for hydroxylation is 2. The van der Waals surface area contributed by atoms with Gasteiger partial charge in [0, 0.05) is 4.88 Å². The largest absolute Gasteiger partial charge is 0.338 e. The van der Waals surface area contributed by atoms with Crippen LogP contribution in [-0.2, 0) is 12.8 Å². The normalized spacial score (nSPS) is 13.1. The Morgan fingerprint density at radius 2 is 2.09 bits per heavy atom. The van der Waals surface area contributed by atoms with Crippen molar-refractivity contribution in [2.24, 2.45) is 0 Å². The van der Waals surface area contributed by atoms with Gasteiger partial charge in [-0.15, -0.1) is 11.3 Å². The lowest BCUT2D eigenvalue weighted by Gasteiger charge is -2.09. The second kappa shape index (κ2) is 5.24. The zero-order chi connectivity index (χ0) is 15.1. The number of nitrogens with one attached hydrogen (secondary N) is 1. The van der Waals surface area contributed by atoms with E-state index in [0.29, 0.717) is 11.4 Å². The number of para-hydroxylation sites is 1. The molecule has 1 N–H and O–H groups in total. The van der Waals surface area contributed by atoms with Gasteiger partial charge in [0.25, 0.3) is 0 Å². The Kier molecular flexibility index (Phi) is 3.21. The van der Waals surface area contributed by atoms with Gasteiger partial charge in [0.15, 0.2) is 0 Å². The maximum atomic E-state index is 9.23. The van der Waals surface area contributed by atoms with E-state index in [-0.39, 0.29) is 5.28 Å². The van der Waals surface area contributed by atoms with Gasteiger partial charge in [0.2, 0.25) is 5.28 Å². The van der Waals surface area contributed by atoms with E-state index >= 15 is 0 Å². The third-order valence-corrected chi connectivity index (χ3v) is 5.19. The van der Waals surface area contributed by atoms with Crippen LogP contribution in [0.1, 0.15) is 22.4 Å². The summed E-state index contributed by atoms with van der Waals surface area (Å²) in [4.78, 5) is 11.0. The van der Waals surface area contributed by atoms with Crippen LogP contribution in [0.25, 0.3) is 10.2 Å². The van der Waals surface area contributed by atoms with Crippen LogP contribution in [0.3, 0.4) is 0 Å². The fraction of sp³-hybridized carbons (Fsp3) is 0.188. The molecule has 0 saturated carbocycles. The summed E-state index contributed by atoms with van der Waals surface area (Å²) >= 11 is 7.76. The SMILES string of the molecule is N#Cc1ccccc1Nc1nc(Cl)nc2sc3c(c12)CCC3. The second-order valence-corrected chi connectivity index (χ2v) is 6.58. The second-order valence-electron chi connectivity index (χ2n) is 5.16. The summed E-state index contributed by atoms with van der Waals surface area (Å²) in [5.41, 5.74) is 2.64. The molecule has 0 spiro atoms. The molecule has 1 aliphatic rings. The maximum Gasteiger partial charge on any atom is 0.225 e. The van der Waals surface area contributed by atoms with Crippen molar-refractivity contribution in [1.29, 1.82) is 5.26 Å². The van der Waals surface area contributed by atoms with Crippen LogP contribution in [-0.4, -0.2) is 9.97 Å². The van der Waals surface area contributed by atoms with Gasteiger partial charge < -0.3 is 5.32 Å². The van der Waals surface area contributed by atoms with E-state index in [1.165, 1.54) is 16.9 Å². The Morgan fingerprint density at radius 3 is 2.95 bits per heavy atom. The third kappa shape index (κ3) is 2.12. The van der Waals surface area contributed by atoms with Crippen molar-refractivity contribution in [3.8, 4) is 6.07 Å². The molecule has 0 bridgehead atoms. The van der Waals surface area contributed by atoms with Crippen molar-refractivity contribution >= 4 is 44.7 Å². The predicted octanol–water partition coefficient (Wildman–Crippen LogP) is 4.45. The highest BCUT2D eigenvalue weighted by Crippen LogP contribution is 2.40. The molecule has 0 amide bonds. The number of hydrogen-bond acceptors (Lipinski definition) is 5. The fourth-order valence-electron chi connectivity index (χ4n) is 2.88. The number of aromatic nitrogens is 2. The molecule has 0 aliphatic heterocycles. The van der Waals surface area contributed by atoms with Gasteiger partial charge in [-0.2, -0.15) is 10.2 Å². The van der Waals surface area contributed by atoms with Gasteiger partial charge in [-0.25, -0.2) is 4.98 Å². The van der Waals surface area contributed by atoms with Crippen molar-refractivity contribution in [2.75, 3.05) is 5.32 Å². The molecule has 0 fully saturated rings. The van der Waals surface area contributed by atoms with Crippen LogP contribution >= 0.6 is 22.9 Å². The maximum absolute atomic E-state index is 9.23. The first-order valence-corrected chi connectivity index (χ1v) is 8.19. The quantitative estimate of drug-likeness (QED) is 0.707. The van der Waals surface area contributed by atoms with Crippen molar-refractivity contribution in [2.45, 2.75) is 19.3 Å². The molecule has 22 heavy (non-hydrogen) atoms. The number of thiophene rings is 1. The molecule has 4 rings (SSSR count). The van der Waals surface area contributed by atoms with E-state index in [4.69, 9.17) is 11.6 Å². The van der Waals surface area contributed by atoms with Crippen LogP contribution in [0.4, 0.5) is 11.5 Å². The number of fused-ring (bicyclic) bond motifs is 3. The first-order chi connectivity index (χ1) is 10.8. The summed E-state index contributed by atoms with van der Waals surface area (Å²) in [5, 5.41) is 13.8. The smallest absolute Gasteiger partial charge is 0.225 e. The fourth-order valence-corrected chi connectivity index (χ4v) is 4.36. The number of nitrogens with zero attached hydrogens (tertiary/aromatic N) is 3. The van der Waals surface area contributed by atoms with Crippen molar-refractivity contribution < 1.29 is 0 Å². The lowest BCUT2D eigenvalue weighted by atomic mass is 10.1. The van der Waals surface area contributed by atoms with Gasteiger partial charge in [-0.1, -0.05) is 12.1 Å². The van der Waals surface area contributed by atoms with E-state index in [0.717, 1.165) is 28.7 Å².